The minimum Gasteiger partial charge on any atom is -0.480 e. The van der Waals surface area contributed by atoms with Crippen LogP contribution in [0.2, 0.25) is 0 Å². The monoisotopic (exact) mass is 267 g/mol. The van der Waals surface area contributed by atoms with Crippen LogP contribution in [0, 0.1) is 12.7 Å². The summed E-state index contributed by atoms with van der Waals surface area (Å²) in [5, 5.41) is 18.9. The Bertz CT molecular complexity index is 470. The Morgan fingerprint density at radius 1 is 1.42 bits per heavy atom. The molecule has 0 bridgehead atoms. The molecule has 1 atom stereocenters. The molecule has 19 heavy (non-hydrogen) atoms. The Hall–Kier alpha value is -1.46. The third-order valence-corrected chi connectivity index (χ3v) is 3.60. The molecular formula is C14H18FNO3. The van der Waals surface area contributed by atoms with Crippen molar-refractivity contribution in [2.75, 3.05) is 13.1 Å². The first kappa shape index (κ1) is 14.0. The number of aliphatic hydroxyl groups excluding tert-OH is 1. The van der Waals surface area contributed by atoms with Gasteiger partial charge in [-0.3, -0.25) is 9.69 Å². The third-order valence-electron chi connectivity index (χ3n) is 3.60. The highest BCUT2D eigenvalue weighted by Gasteiger charge is 2.30. The number of halogens is 1. The van der Waals surface area contributed by atoms with Gasteiger partial charge in [-0.25, -0.2) is 4.39 Å². The second-order valence-electron chi connectivity index (χ2n) is 5.02. The second-order valence-corrected chi connectivity index (χ2v) is 5.02. The summed E-state index contributed by atoms with van der Waals surface area (Å²) in [7, 11) is 0. The van der Waals surface area contributed by atoms with E-state index >= 15 is 0 Å². The molecule has 0 spiro atoms. The van der Waals surface area contributed by atoms with E-state index in [2.05, 4.69) is 0 Å². The Balaban J connectivity index is 2.24. The van der Waals surface area contributed by atoms with Crippen LogP contribution in [-0.4, -0.2) is 40.3 Å². The summed E-state index contributed by atoms with van der Waals surface area (Å²) in [5.74, 6) is -1.27. The summed E-state index contributed by atoms with van der Waals surface area (Å²) < 4.78 is 13.3. The SMILES string of the molecule is Cc1cc([C@@H](C(=O)O)N2CCC(O)CC2)ccc1F. The van der Waals surface area contributed by atoms with E-state index in [0.29, 0.717) is 37.1 Å². The zero-order valence-electron chi connectivity index (χ0n) is 10.8. The number of aliphatic carboxylic acids is 1. The quantitative estimate of drug-likeness (QED) is 0.875. The molecule has 2 rings (SSSR count). The summed E-state index contributed by atoms with van der Waals surface area (Å²) in [6.45, 7) is 2.70. The first-order valence-corrected chi connectivity index (χ1v) is 6.40. The van der Waals surface area contributed by atoms with Crippen LogP contribution in [0.15, 0.2) is 18.2 Å². The van der Waals surface area contributed by atoms with E-state index in [1.54, 1.807) is 13.0 Å². The van der Waals surface area contributed by atoms with Gasteiger partial charge in [0.25, 0.3) is 0 Å². The molecule has 1 aliphatic rings. The Kier molecular flexibility index (Phi) is 4.17. The van der Waals surface area contributed by atoms with Crippen molar-refractivity contribution in [2.45, 2.75) is 31.9 Å². The van der Waals surface area contributed by atoms with Gasteiger partial charge in [-0.2, -0.15) is 0 Å². The highest BCUT2D eigenvalue weighted by Crippen LogP contribution is 2.26. The highest BCUT2D eigenvalue weighted by molar-refractivity contribution is 5.75. The molecule has 0 aromatic heterocycles. The lowest BCUT2D eigenvalue weighted by Gasteiger charge is -2.34. The summed E-state index contributed by atoms with van der Waals surface area (Å²) in [6, 6.07) is 3.64. The third kappa shape index (κ3) is 3.11. The van der Waals surface area contributed by atoms with E-state index in [0.717, 1.165) is 0 Å². The largest absolute Gasteiger partial charge is 0.480 e. The molecule has 1 aromatic carbocycles. The van der Waals surface area contributed by atoms with Crippen LogP contribution in [0.5, 0.6) is 0 Å². The number of nitrogens with zero attached hydrogens (tertiary/aromatic N) is 1. The molecule has 5 heteroatoms. The maximum absolute atomic E-state index is 13.3. The molecule has 0 saturated carbocycles. The molecule has 0 amide bonds. The molecule has 1 aromatic rings. The smallest absolute Gasteiger partial charge is 0.325 e. The zero-order chi connectivity index (χ0) is 14.0. The van der Waals surface area contributed by atoms with Crippen molar-refractivity contribution in [1.82, 2.24) is 4.90 Å². The van der Waals surface area contributed by atoms with Crippen molar-refractivity contribution in [3.05, 3.63) is 35.1 Å². The number of carbonyl (C=O) groups is 1. The first-order valence-electron chi connectivity index (χ1n) is 6.40. The lowest BCUT2D eigenvalue weighted by molar-refractivity contribution is -0.144. The van der Waals surface area contributed by atoms with Crippen molar-refractivity contribution in [2.24, 2.45) is 0 Å². The van der Waals surface area contributed by atoms with Gasteiger partial charge in [0.05, 0.1) is 6.10 Å². The molecule has 0 aliphatic carbocycles. The maximum atomic E-state index is 13.3. The number of carboxylic acids is 1. The number of carboxylic acid groups (broad SMARTS) is 1. The fourth-order valence-corrected chi connectivity index (χ4v) is 2.49. The molecule has 104 valence electrons. The Morgan fingerprint density at radius 2 is 2.05 bits per heavy atom. The van der Waals surface area contributed by atoms with E-state index in [1.807, 2.05) is 4.90 Å². The number of piperidine rings is 1. The fourth-order valence-electron chi connectivity index (χ4n) is 2.49. The number of aryl methyl sites for hydroxylation is 1. The summed E-state index contributed by atoms with van der Waals surface area (Å²) in [4.78, 5) is 13.3. The van der Waals surface area contributed by atoms with Gasteiger partial charge in [-0.05, 0) is 37.0 Å². The summed E-state index contributed by atoms with van der Waals surface area (Å²) in [5.41, 5.74) is 1.03. The van der Waals surface area contributed by atoms with E-state index in [4.69, 9.17) is 0 Å². The maximum Gasteiger partial charge on any atom is 0.325 e. The van der Waals surface area contributed by atoms with Gasteiger partial charge in [0, 0.05) is 13.1 Å². The van der Waals surface area contributed by atoms with Crippen LogP contribution in [0.25, 0.3) is 0 Å². The lowest BCUT2D eigenvalue weighted by Crippen LogP contribution is -2.41. The molecule has 0 unspecified atom stereocenters. The standard InChI is InChI=1S/C14H18FNO3/c1-9-8-10(2-3-12(9)15)13(14(18)19)16-6-4-11(17)5-7-16/h2-3,8,11,13,17H,4-7H2,1H3,(H,18,19)/t13-/m0/s1. The number of aliphatic hydroxyl groups is 1. The predicted molar refractivity (Wildman–Crippen MR) is 68.3 cm³/mol. The molecule has 4 nitrogen and oxygen atoms in total. The molecular weight excluding hydrogens is 249 g/mol. The fraction of sp³-hybridized carbons (Fsp3) is 0.500. The Labute approximate surface area is 111 Å². The van der Waals surface area contributed by atoms with Gasteiger partial charge in [0.1, 0.15) is 11.9 Å². The average Bonchev–Trinajstić information content (AvgIpc) is 2.36. The van der Waals surface area contributed by atoms with Crippen LogP contribution in [0.3, 0.4) is 0 Å². The lowest BCUT2D eigenvalue weighted by atomic mass is 9.99. The van der Waals surface area contributed by atoms with E-state index in [9.17, 15) is 19.4 Å². The van der Waals surface area contributed by atoms with Gasteiger partial charge in [0.2, 0.25) is 0 Å². The number of benzene rings is 1. The summed E-state index contributed by atoms with van der Waals surface area (Å²) >= 11 is 0. The molecule has 1 saturated heterocycles. The van der Waals surface area contributed by atoms with Crippen LogP contribution >= 0.6 is 0 Å². The number of likely N-dealkylation sites (tertiary alicyclic amines) is 1. The van der Waals surface area contributed by atoms with Crippen molar-refractivity contribution < 1.29 is 19.4 Å². The number of hydrogen-bond donors (Lipinski definition) is 2. The van der Waals surface area contributed by atoms with E-state index in [-0.39, 0.29) is 11.9 Å². The molecule has 0 radical (unpaired) electrons. The van der Waals surface area contributed by atoms with Crippen LogP contribution in [0.1, 0.15) is 30.0 Å². The van der Waals surface area contributed by atoms with Gasteiger partial charge < -0.3 is 10.2 Å². The van der Waals surface area contributed by atoms with Gasteiger partial charge >= 0.3 is 5.97 Å². The number of hydrogen-bond acceptors (Lipinski definition) is 3. The normalized spacial score (nSPS) is 19.3. The van der Waals surface area contributed by atoms with Crippen molar-refractivity contribution in [3.8, 4) is 0 Å². The topological polar surface area (TPSA) is 60.8 Å². The molecule has 1 fully saturated rings. The van der Waals surface area contributed by atoms with Crippen molar-refractivity contribution in [1.29, 1.82) is 0 Å². The van der Waals surface area contributed by atoms with Crippen molar-refractivity contribution in [3.63, 3.8) is 0 Å². The summed E-state index contributed by atoms with van der Waals surface area (Å²) in [6.07, 6.45) is 0.800. The van der Waals surface area contributed by atoms with Crippen LogP contribution in [0.4, 0.5) is 4.39 Å². The van der Waals surface area contributed by atoms with Crippen molar-refractivity contribution >= 4 is 5.97 Å². The van der Waals surface area contributed by atoms with E-state index in [1.165, 1.54) is 12.1 Å². The molecule has 1 aliphatic heterocycles. The van der Waals surface area contributed by atoms with Gasteiger partial charge in [-0.1, -0.05) is 12.1 Å². The van der Waals surface area contributed by atoms with Crippen LogP contribution < -0.4 is 0 Å². The molecule has 2 N–H and O–H groups in total. The molecule has 1 heterocycles. The second kappa shape index (κ2) is 5.67. The van der Waals surface area contributed by atoms with Crippen LogP contribution in [-0.2, 0) is 4.79 Å². The first-order chi connectivity index (χ1) is 8.99. The predicted octanol–water partition coefficient (Wildman–Crippen LogP) is 1.72. The minimum atomic E-state index is -0.942. The van der Waals surface area contributed by atoms with Gasteiger partial charge in [-0.15, -0.1) is 0 Å². The zero-order valence-corrected chi connectivity index (χ0v) is 10.8. The minimum absolute atomic E-state index is 0.332. The van der Waals surface area contributed by atoms with Gasteiger partial charge in [0.15, 0.2) is 0 Å². The average molecular weight is 267 g/mol. The number of rotatable bonds is 3. The highest BCUT2D eigenvalue weighted by atomic mass is 19.1. The Morgan fingerprint density at radius 3 is 2.58 bits per heavy atom. The van der Waals surface area contributed by atoms with E-state index < -0.39 is 12.0 Å².